The maximum Gasteiger partial charge on any atom is 0.240 e. The van der Waals surface area contributed by atoms with Gasteiger partial charge >= 0.3 is 0 Å². The summed E-state index contributed by atoms with van der Waals surface area (Å²) in [4.78, 5) is 12.1. The molecule has 0 aromatic carbocycles. The molecule has 2 aliphatic rings. The lowest BCUT2D eigenvalue weighted by Crippen LogP contribution is -2.57. The third-order valence-corrected chi connectivity index (χ3v) is 4.38. The van der Waals surface area contributed by atoms with E-state index in [4.69, 9.17) is 15.2 Å². The summed E-state index contributed by atoms with van der Waals surface area (Å²) in [6.07, 6.45) is 9.08. The molecule has 0 aromatic rings. The van der Waals surface area contributed by atoms with Gasteiger partial charge in [-0.05, 0) is 25.7 Å². The molecule has 21 heavy (non-hydrogen) atoms. The first-order valence-electron chi connectivity index (χ1n) is 7.97. The van der Waals surface area contributed by atoms with Gasteiger partial charge in [0.2, 0.25) is 5.91 Å². The fraction of sp³-hybridized carbons (Fsp3) is 0.933. The lowest BCUT2D eigenvalue weighted by atomic mass is 9.90. The Hall–Kier alpha value is -0.360. The van der Waals surface area contributed by atoms with Crippen LogP contribution in [-0.4, -0.2) is 43.9 Å². The molecule has 6 heteroatoms. The van der Waals surface area contributed by atoms with E-state index >= 15 is 0 Å². The second kappa shape index (κ2) is 9.62. The first-order valence-corrected chi connectivity index (χ1v) is 7.97. The predicted molar refractivity (Wildman–Crippen MR) is 84.7 cm³/mol. The molecule has 2 rings (SSSR count). The normalized spacial score (nSPS) is 22.9. The lowest BCUT2D eigenvalue weighted by Gasteiger charge is -2.31. The van der Waals surface area contributed by atoms with E-state index in [9.17, 15) is 4.79 Å². The van der Waals surface area contributed by atoms with E-state index in [-0.39, 0.29) is 18.3 Å². The van der Waals surface area contributed by atoms with E-state index in [2.05, 4.69) is 5.32 Å². The van der Waals surface area contributed by atoms with Gasteiger partial charge in [-0.25, -0.2) is 0 Å². The topological polar surface area (TPSA) is 73.6 Å². The molecule has 0 spiro atoms. The molecule has 124 valence electrons. The molecule has 0 atom stereocenters. The summed E-state index contributed by atoms with van der Waals surface area (Å²) < 4.78 is 11.1. The van der Waals surface area contributed by atoms with Crippen LogP contribution in [0.3, 0.4) is 0 Å². The Morgan fingerprint density at radius 1 is 1.19 bits per heavy atom. The number of ether oxygens (including phenoxy) is 2. The molecule has 0 aromatic heterocycles. The summed E-state index contributed by atoms with van der Waals surface area (Å²) in [5.74, 6) is -0.0646. The van der Waals surface area contributed by atoms with Crippen molar-refractivity contribution in [2.75, 3.05) is 26.4 Å². The van der Waals surface area contributed by atoms with Crippen molar-refractivity contribution >= 4 is 18.3 Å². The van der Waals surface area contributed by atoms with Gasteiger partial charge in [0, 0.05) is 19.8 Å². The third kappa shape index (κ3) is 6.10. The Balaban J connectivity index is 0.00000220. The number of hydrogen-bond acceptors (Lipinski definition) is 4. The van der Waals surface area contributed by atoms with Crippen LogP contribution in [-0.2, 0) is 14.3 Å². The van der Waals surface area contributed by atoms with Crippen molar-refractivity contribution in [2.24, 2.45) is 5.73 Å². The number of halogens is 1. The highest BCUT2D eigenvalue weighted by Gasteiger charge is 2.35. The standard InChI is InChI=1S/C15H28N2O3.ClH/c16-15(7-10-19-11-8-15)14(18)17-9-12-20-13-5-3-1-2-4-6-13;/h13H,1-12,16H2,(H,17,18);1H. The van der Waals surface area contributed by atoms with Crippen LogP contribution in [0.2, 0.25) is 0 Å². The third-order valence-electron chi connectivity index (χ3n) is 4.38. The van der Waals surface area contributed by atoms with Gasteiger partial charge < -0.3 is 20.5 Å². The minimum Gasteiger partial charge on any atom is -0.381 e. The number of rotatable bonds is 5. The predicted octanol–water partition coefficient (Wildman–Crippen LogP) is 1.77. The van der Waals surface area contributed by atoms with E-state index in [1.54, 1.807) is 0 Å². The number of amides is 1. The summed E-state index contributed by atoms with van der Waals surface area (Å²) in [7, 11) is 0. The zero-order valence-corrected chi connectivity index (χ0v) is 13.6. The molecule has 1 amide bonds. The van der Waals surface area contributed by atoms with Crippen LogP contribution in [0.5, 0.6) is 0 Å². The van der Waals surface area contributed by atoms with Gasteiger partial charge in [-0.15, -0.1) is 12.4 Å². The first-order chi connectivity index (χ1) is 9.71. The van der Waals surface area contributed by atoms with Gasteiger partial charge in [0.15, 0.2) is 0 Å². The smallest absolute Gasteiger partial charge is 0.240 e. The van der Waals surface area contributed by atoms with E-state index in [1.165, 1.54) is 25.7 Å². The van der Waals surface area contributed by atoms with Crippen LogP contribution in [0.15, 0.2) is 0 Å². The molecular weight excluding hydrogens is 292 g/mol. The van der Waals surface area contributed by atoms with Gasteiger partial charge in [-0.2, -0.15) is 0 Å². The maximum absolute atomic E-state index is 12.1. The van der Waals surface area contributed by atoms with Crippen molar-refractivity contribution in [2.45, 2.75) is 63.0 Å². The van der Waals surface area contributed by atoms with Crippen LogP contribution >= 0.6 is 12.4 Å². The number of hydrogen-bond donors (Lipinski definition) is 2. The van der Waals surface area contributed by atoms with Crippen LogP contribution in [0, 0.1) is 0 Å². The molecule has 3 N–H and O–H groups in total. The molecule has 0 bridgehead atoms. The second-order valence-electron chi connectivity index (χ2n) is 6.01. The monoisotopic (exact) mass is 320 g/mol. The summed E-state index contributed by atoms with van der Waals surface area (Å²) in [6.45, 7) is 2.28. The molecular formula is C15H29ClN2O3. The van der Waals surface area contributed by atoms with Gasteiger partial charge in [0.1, 0.15) is 0 Å². The number of nitrogens with two attached hydrogens (primary N) is 1. The average molecular weight is 321 g/mol. The SMILES string of the molecule is Cl.NC1(C(=O)NCCOC2CCCCCC2)CCOCC1. The van der Waals surface area contributed by atoms with Crippen molar-refractivity contribution in [3.63, 3.8) is 0 Å². The van der Waals surface area contributed by atoms with Crippen LogP contribution < -0.4 is 11.1 Å². The van der Waals surface area contributed by atoms with Crippen LogP contribution in [0.1, 0.15) is 51.4 Å². The Labute approximate surface area is 133 Å². The summed E-state index contributed by atoms with van der Waals surface area (Å²) in [5, 5.41) is 2.90. The molecule has 2 fully saturated rings. The fourth-order valence-electron chi connectivity index (χ4n) is 2.94. The van der Waals surface area contributed by atoms with E-state index in [0.717, 1.165) is 12.8 Å². The summed E-state index contributed by atoms with van der Waals surface area (Å²) in [5.41, 5.74) is 5.37. The van der Waals surface area contributed by atoms with E-state index in [1.807, 2.05) is 0 Å². The zero-order valence-electron chi connectivity index (χ0n) is 12.8. The summed E-state index contributed by atoms with van der Waals surface area (Å²) >= 11 is 0. The molecule has 1 saturated heterocycles. The molecule has 1 aliphatic carbocycles. The van der Waals surface area contributed by atoms with E-state index < -0.39 is 5.54 Å². The van der Waals surface area contributed by atoms with E-state index in [0.29, 0.717) is 45.3 Å². The minimum atomic E-state index is -0.749. The van der Waals surface area contributed by atoms with Crippen LogP contribution in [0.25, 0.3) is 0 Å². The molecule has 0 radical (unpaired) electrons. The van der Waals surface area contributed by atoms with Crippen LogP contribution in [0.4, 0.5) is 0 Å². The highest BCUT2D eigenvalue weighted by atomic mass is 35.5. The molecule has 1 aliphatic heterocycles. The summed E-state index contributed by atoms with van der Waals surface area (Å²) in [6, 6.07) is 0. The van der Waals surface area contributed by atoms with Gasteiger partial charge in [-0.1, -0.05) is 25.7 Å². The van der Waals surface area contributed by atoms with Crippen molar-refractivity contribution in [1.82, 2.24) is 5.32 Å². The lowest BCUT2D eigenvalue weighted by molar-refractivity contribution is -0.130. The fourth-order valence-corrected chi connectivity index (χ4v) is 2.94. The Bertz CT molecular complexity index is 301. The highest BCUT2D eigenvalue weighted by Crippen LogP contribution is 2.20. The number of nitrogens with one attached hydrogen (secondary N) is 1. The Morgan fingerprint density at radius 3 is 2.43 bits per heavy atom. The molecule has 5 nitrogen and oxygen atoms in total. The maximum atomic E-state index is 12.1. The number of carbonyl (C=O) groups excluding carboxylic acids is 1. The quantitative estimate of drug-likeness (QED) is 0.598. The first kappa shape index (κ1) is 18.7. The van der Waals surface area contributed by atoms with Gasteiger partial charge in [0.05, 0.1) is 18.2 Å². The Kier molecular flexibility index (Phi) is 8.56. The molecule has 1 saturated carbocycles. The van der Waals surface area contributed by atoms with Crippen molar-refractivity contribution in [1.29, 1.82) is 0 Å². The minimum absolute atomic E-state index is 0. The average Bonchev–Trinajstić information content (AvgIpc) is 2.73. The van der Waals surface area contributed by atoms with Crippen molar-refractivity contribution in [3.8, 4) is 0 Å². The van der Waals surface area contributed by atoms with Crippen molar-refractivity contribution in [3.05, 3.63) is 0 Å². The highest BCUT2D eigenvalue weighted by molar-refractivity contribution is 5.86. The van der Waals surface area contributed by atoms with Gasteiger partial charge in [0.25, 0.3) is 0 Å². The van der Waals surface area contributed by atoms with Crippen molar-refractivity contribution < 1.29 is 14.3 Å². The largest absolute Gasteiger partial charge is 0.381 e. The van der Waals surface area contributed by atoms with Gasteiger partial charge in [-0.3, -0.25) is 4.79 Å². The zero-order chi connectivity index (χ0) is 14.3. The second-order valence-corrected chi connectivity index (χ2v) is 6.01. The number of carbonyl (C=O) groups is 1. The molecule has 0 unspecified atom stereocenters. The molecule has 1 heterocycles. The Morgan fingerprint density at radius 2 is 1.81 bits per heavy atom.